The van der Waals surface area contributed by atoms with Crippen LogP contribution in [-0.4, -0.2) is 23.2 Å². The Bertz CT molecular complexity index is 521. The molecule has 1 aliphatic heterocycles. The number of anilines is 1. The number of nitrogen functional groups attached to an aromatic ring is 1. The zero-order valence-electron chi connectivity index (χ0n) is 9.35. The molecule has 0 bridgehead atoms. The van der Waals surface area contributed by atoms with Gasteiger partial charge in [-0.2, -0.15) is 0 Å². The van der Waals surface area contributed by atoms with Crippen molar-refractivity contribution in [1.29, 1.82) is 0 Å². The fourth-order valence-corrected chi connectivity index (χ4v) is 2.89. The maximum absolute atomic E-state index is 5.49. The Morgan fingerprint density at radius 1 is 1.53 bits per heavy atom. The molecule has 1 saturated heterocycles. The molecule has 2 aromatic heterocycles. The molecule has 3 heterocycles. The molecule has 1 atom stereocenters. The van der Waals surface area contributed by atoms with Crippen molar-refractivity contribution in [3.63, 3.8) is 0 Å². The van der Waals surface area contributed by atoms with Crippen LogP contribution in [0.5, 0.6) is 0 Å². The third kappa shape index (κ3) is 2.11. The number of nitrogens with two attached hydrogens (primary N) is 1. The van der Waals surface area contributed by atoms with Gasteiger partial charge < -0.3 is 10.2 Å². The van der Waals surface area contributed by atoms with Crippen molar-refractivity contribution >= 4 is 27.4 Å². The molecule has 17 heavy (non-hydrogen) atoms. The molecule has 5 nitrogen and oxygen atoms in total. The molecule has 2 aromatic rings. The molecule has 1 aliphatic rings. The molecule has 3 N–H and O–H groups in total. The van der Waals surface area contributed by atoms with E-state index in [4.69, 9.17) is 10.6 Å². The summed E-state index contributed by atoms with van der Waals surface area (Å²) >= 11 is 1.61. The van der Waals surface area contributed by atoms with E-state index < -0.39 is 0 Å². The van der Waals surface area contributed by atoms with Crippen LogP contribution in [0.3, 0.4) is 0 Å². The van der Waals surface area contributed by atoms with E-state index in [9.17, 15) is 0 Å². The lowest BCUT2D eigenvalue weighted by molar-refractivity contribution is 0.185. The van der Waals surface area contributed by atoms with Gasteiger partial charge in [-0.1, -0.05) is 0 Å². The standard InChI is InChI=1S/C11H14N4OS/c12-15-10-8-2-4-17-11(8)14-9(13-10)5-7-1-3-16-6-7/h2,4,7H,1,3,5-6,12H2,(H,13,14,15). The first-order chi connectivity index (χ1) is 8.36. The van der Waals surface area contributed by atoms with Crippen molar-refractivity contribution in [1.82, 2.24) is 9.97 Å². The van der Waals surface area contributed by atoms with Gasteiger partial charge in [0.15, 0.2) is 5.82 Å². The van der Waals surface area contributed by atoms with Crippen LogP contribution in [-0.2, 0) is 11.2 Å². The first-order valence-electron chi connectivity index (χ1n) is 5.65. The number of fused-ring (bicyclic) bond motifs is 1. The van der Waals surface area contributed by atoms with Crippen LogP contribution in [0, 0.1) is 5.92 Å². The van der Waals surface area contributed by atoms with Gasteiger partial charge in [0, 0.05) is 19.6 Å². The lowest BCUT2D eigenvalue weighted by atomic mass is 10.0. The van der Waals surface area contributed by atoms with Gasteiger partial charge in [-0.15, -0.1) is 11.3 Å². The van der Waals surface area contributed by atoms with Crippen molar-refractivity contribution < 1.29 is 4.74 Å². The number of ether oxygens (including phenoxy) is 1. The lowest BCUT2D eigenvalue weighted by Crippen LogP contribution is -2.13. The molecule has 3 rings (SSSR count). The number of nitrogens with zero attached hydrogens (tertiary/aromatic N) is 2. The Balaban J connectivity index is 1.92. The number of aromatic nitrogens is 2. The van der Waals surface area contributed by atoms with Crippen LogP contribution in [0.15, 0.2) is 11.4 Å². The van der Waals surface area contributed by atoms with Crippen molar-refractivity contribution in [2.24, 2.45) is 11.8 Å². The monoisotopic (exact) mass is 250 g/mol. The number of hydrazine groups is 1. The highest BCUT2D eigenvalue weighted by molar-refractivity contribution is 7.16. The third-order valence-corrected chi connectivity index (χ3v) is 3.81. The Labute approximate surface area is 103 Å². The molecule has 0 saturated carbocycles. The summed E-state index contributed by atoms with van der Waals surface area (Å²) in [7, 11) is 0. The molecule has 0 aromatic carbocycles. The van der Waals surface area contributed by atoms with Crippen molar-refractivity contribution in [2.75, 3.05) is 18.6 Å². The van der Waals surface area contributed by atoms with Gasteiger partial charge in [-0.25, -0.2) is 15.8 Å². The second kappa shape index (κ2) is 4.56. The van der Waals surface area contributed by atoms with Crippen molar-refractivity contribution in [3.05, 3.63) is 17.3 Å². The Hall–Kier alpha value is -1.24. The summed E-state index contributed by atoms with van der Waals surface area (Å²) in [4.78, 5) is 10.0. The zero-order chi connectivity index (χ0) is 11.7. The fraction of sp³-hybridized carbons (Fsp3) is 0.455. The molecular formula is C11H14N4OS. The van der Waals surface area contributed by atoms with E-state index in [1.165, 1.54) is 0 Å². The molecule has 6 heteroatoms. The summed E-state index contributed by atoms with van der Waals surface area (Å²) in [5.41, 5.74) is 2.65. The number of nitrogens with one attached hydrogen (secondary N) is 1. The minimum Gasteiger partial charge on any atom is -0.381 e. The van der Waals surface area contributed by atoms with Gasteiger partial charge >= 0.3 is 0 Å². The van der Waals surface area contributed by atoms with E-state index in [0.29, 0.717) is 11.7 Å². The van der Waals surface area contributed by atoms with E-state index >= 15 is 0 Å². The van der Waals surface area contributed by atoms with Gasteiger partial charge in [-0.05, 0) is 23.8 Å². The summed E-state index contributed by atoms with van der Waals surface area (Å²) in [5, 5.41) is 2.99. The predicted molar refractivity (Wildman–Crippen MR) is 67.9 cm³/mol. The molecular weight excluding hydrogens is 236 g/mol. The van der Waals surface area contributed by atoms with Gasteiger partial charge in [0.25, 0.3) is 0 Å². The number of rotatable bonds is 3. The summed E-state index contributed by atoms with van der Waals surface area (Å²) < 4.78 is 5.37. The minimum absolute atomic E-state index is 0.540. The maximum Gasteiger partial charge on any atom is 0.152 e. The van der Waals surface area contributed by atoms with Gasteiger partial charge in [0.1, 0.15) is 10.7 Å². The largest absolute Gasteiger partial charge is 0.381 e. The topological polar surface area (TPSA) is 73.1 Å². The van der Waals surface area contributed by atoms with E-state index in [2.05, 4.69) is 15.4 Å². The smallest absolute Gasteiger partial charge is 0.152 e. The molecule has 1 fully saturated rings. The van der Waals surface area contributed by atoms with E-state index in [1.807, 2.05) is 11.4 Å². The molecule has 0 aliphatic carbocycles. The Morgan fingerprint density at radius 2 is 2.47 bits per heavy atom. The SMILES string of the molecule is NNc1nc(CC2CCOC2)nc2sccc12. The Kier molecular flexibility index (Phi) is 2.92. The second-order valence-electron chi connectivity index (χ2n) is 4.21. The predicted octanol–water partition coefficient (Wildman–Crippen LogP) is 1.56. The van der Waals surface area contributed by atoms with Gasteiger partial charge in [0.2, 0.25) is 0 Å². The van der Waals surface area contributed by atoms with E-state index in [1.54, 1.807) is 11.3 Å². The molecule has 0 amide bonds. The molecule has 0 radical (unpaired) electrons. The van der Waals surface area contributed by atoms with Crippen molar-refractivity contribution in [2.45, 2.75) is 12.8 Å². The highest BCUT2D eigenvalue weighted by Gasteiger charge is 2.18. The number of thiophene rings is 1. The normalized spacial score (nSPS) is 19.9. The molecule has 1 unspecified atom stereocenters. The maximum atomic E-state index is 5.49. The lowest BCUT2D eigenvalue weighted by Gasteiger charge is -2.08. The number of hydrogen-bond donors (Lipinski definition) is 2. The second-order valence-corrected chi connectivity index (χ2v) is 5.10. The molecule has 90 valence electrons. The third-order valence-electron chi connectivity index (χ3n) is 3.00. The van der Waals surface area contributed by atoms with Gasteiger partial charge in [0.05, 0.1) is 5.39 Å². The summed E-state index contributed by atoms with van der Waals surface area (Å²) in [6, 6.07) is 1.98. The van der Waals surface area contributed by atoms with Crippen LogP contribution < -0.4 is 11.3 Å². The quantitative estimate of drug-likeness (QED) is 0.639. The van der Waals surface area contributed by atoms with Crippen LogP contribution in [0.2, 0.25) is 0 Å². The average Bonchev–Trinajstić information content (AvgIpc) is 2.98. The van der Waals surface area contributed by atoms with E-state index in [0.717, 1.165) is 42.1 Å². The minimum atomic E-state index is 0.540. The highest BCUT2D eigenvalue weighted by atomic mass is 32.1. The van der Waals surface area contributed by atoms with Crippen molar-refractivity contribution in [3.8, 4) is 0 Å². The first kappa shape index (κ1) is 10.9. The summed E-state index contributed by atoms with van der Waals surface area (Å²) in [6.45, 7) is 1.67. The fourth-order valence-electron chi connectivity index (χ4n) is 2.10. The Morgan fingerprint density at radius 3 is 3.24 bits per heavy atom. The van der Waals surface area contributed by atoms with Crippen LogP contribution in [0.1, 0.15) is 12.2 Å². The molecule has 0 spiro atoms. The average molecular weight is 250 g/mol. The first-order valence-corrected chi connectivity index (χ1v) is 6.53. The number of hydrogen-bond acceptors (Lipinski definition) is 6. The van der Waals surface area contributed by atoms with Crippen LogP contribution in [0.4, 0.5) is 5.82 Å². The summed E-state index contributed by atoms with van der Waals surface area (Å²) in [6.07, 6.45) is 1.96. The zero-order valence-corrected chi connectivity index (χ0v) is 10.2. The van der Waals surface area contributed by atoms with E-state index in [-0.39, 0.29) is 0 Å². The van der Waals surface area contributed by atoms with Crippen LogP contribution in [0.25, 0.3) is 10.2 Å². The summed E-state index contributed by atoms with van der Waals surface area (Å²) in [5.74, 6) is 7.60. The highest BCUT2D eigenvalue weighted by Crippen LogP contribution is 2.26. The van der Waals surface area contributed by atoms with Crippen LogP contribution >= 0.6 is 11.3 Å². The van der Waals surface area contributed by atoms with Gasteiger partial charge in [-0.3, -0.25) is 0 Å².